The van der Waals surface area contributed by atoms with Crippen LogP contribution in [0, 0.1) is 17.6 Å². The highest BCUT2D eigenvalue weighted by molar-refractivity contribution is 5.21. The van der Waals surface area contributed by atoms with Crippen molar-refractivity contribution in [1.29, 1.82) is 0 Å². The summed E-state index contributed by atoms with van der Waals surface area (Å²) in [5.74, 6) is -0.861. The van der Waals surface area contributed by atoms with Crippen molar-refractivity contribution in [1.82, 2.24) is 4.90 Å². The molecular weight excluding hydrogens is 246 g/mol. The molecule has 1 fully saturated rings. The van der Waals surface area contributed by atoms with E-state index < -0.39 is 11.6 Å². The summed E-state index contributed by atoms with van der Waals surface area (Å²) in [6, 6.07) is 4.05. The zero-order chi connectivity index (χ0) is 14.0. The predicted octanol–water partition coefficient (Wildman–Crippen LogP) is 3.09. The molecule has 106 valence electrons. The lowest BCUT2D eigenvalue weighted by atomic mass is 10.1. The molecule has 4 heteroatoms. The first-order valence-corrected chi connectivity index (χ1v) is 6.92. The lowest BCUT2D eigenvalue weighted by Gasteiger charge is -2.29. The van der Waals surface area contributed by atoms with Crippen LogP contribution < -0.4 is 5.73 Å². The molecule has 2 nitrogen and oxygen atoms in total. The normalized spacial score (nSPS) is 17.2. The number of halogens is 2. The van der Waals surface area contributed by atoms with E-state index in [2.05, 4.69) is 18.7 Å². The van der Waals surface area contributed by atoms with E-state index in [0.717, 1.165) is 18.5 Å². The second kappa shape index (κ2) is 5.97. The highest BCUT2D eigenvalue weighted by atomic mass is 19.2. The SMILES string of the molecule is CC(C)N(CC1CC1)CC(N)c1ccc(F)c(F)c1. The first-order valence-electron chi connectivity index (χ1n) is 6.92. The summed E-state index contributed by atoms with van der Waals surface area (Å²) in [5.41, 5.74) is 6.77. The molecule has 1 saturated carbocycles. The molecule has 0 aromatic heterocycles. The maximum atomic E-state index is 13.2. The average molecular weight is 268 g/mol. The third kappa shape index (κ3) is 3.98. The third-order valence-corrected chi connectivity index (χ3v) is 3.72. The molecule has 1 unspecified atom stereocenters. The van der Waals surface area contributed by atoms with Crippen LogP contribution in [-0.2, 0) is 0 Å². The smallest absolute Gasteiger partial charge is 0.159 e. The Balaban J connectivity index is 2.00. The fourth-order valence-electron chi connectivity index (χ4n) is 2.23. The van der Waals surface area contributed by atoms with Crippen LogP contribution in [0.15, 0.2) is 18.2 Å². The van der Waals surface area contributed by atoms with Crippen LogP contribution in [0.1, 0.15) is 38.3 Å². The second-order valence-corrected chi connectivity index (χ2v) is 5.77. The molecule has 0 spiro atoms. The van der Waals surface area contributed by atoms with Gasteiger partial charge in [0.05, 0.1) is 0 Å². The van der Waals surface area contributed by atoms with Gasteiger partial charge in [0.2, 0.25) is 0 Å². The molecule has 1 atom stereocenters. The van der Waals surface area contributed by atoms with Gasteiger partial charge < -0.3 is 5.73 Å². The summed E-state index contributed by atoms with van der Waals surface area (Å²) in [7, 11) is 0. The van der Waals surface area contributed by atoms with Crippen LogP contribution in [0.3, 0.4) is 0 Å². The minimum atomic E-state index is -0.828. The molecular formula is C15H22F2N2. The first-order chi connectivity index (χ1) is 8.97. The van der Waals surface area contributed by atoms with Crippen molar-refractivity contribution in [2.45, 2.75) is 38.8 Å². The summed E-state index contributed by atoms with van der Waals surface area (Å²) in [6.45, 7) is 6.01. The molecule has 2 N–H and O–H groups in total. The summed E-state index contributed by atoms with van der Waals surface area (Å²) in [5, 5.41) is 0. The standard InChI is InChI=1S/C15H22F2N2/c1-10(2)19(8-11-3-4-11)9-15(18)12-5-6-13(16)14(17)7-12/h5-7,10-11,15H,3-4,8-9,18H2,1-2H3. The fraction of sp³-hybridized carbons (Fsp3) is 0.600. The van der Waals surface area contributed by atoms with E-state index in [-0.39, 0.29) is 6.04 Å². The van der Waals surface area contributed by atoms with E-state index in [1.807, 2.05) is 0 Å². The summed E-state index contributed by atoms with van der Waals surface area (Å²) >= 11 is 0. The van der Waals surface area contributed by atoms with Crippen LogP contribution >= 0.6 is 0 Å². The number of hydrogen-bond acceptors (Lipinski definition) is 2. The van der Waals surface area contributed by atoms with Gasteiger partial charge in [-0.1, -0.05) is 6.07 Å². The van der Waals surface area contributed by atoms with Crippen molar-refractivity contribution in [2.75, 3.05) is 13.1 Å². The summed E-state index contributed by atoms with van der Waals surface area (Å²) < 4.78 is 26.1. The van der Waals surface area contributed by atoms with E-state index in [0.29, 0.717) is 18.2 Å². The van der Waals surface area contributed by atoms with Gasteiger partial charge in [0.25, 0.3) is 0 Å². The van der Waals surface area contributed by atoms with E-state index in [1.54, 1.807) is 6.07 Å². The van der Waals surface area contributed by atoms with Gasteiger partial charge in [0.15, 0.2) is 11.6 Å². The fourth-order valence-corrected chi connectivity index (χ4v) is 2.23. The molecule has 19 heavy (non-hydrogen) atoms. The Morgan fingerprint density at radius 2 is 1.95 bits per heavy atom. The number of nitrogens with zero attached hydrogens (tertiary/aromatic N) is 1. The van der Waals surface area contributed by atoms with Crippen LogP contribution in [-0.4, -0.2) is 24.0 Å². The molecule has 0 heterocycles. The van der Waals surface area contributed by atoms with E-state index >= 15 is 0 Å². The monoisotopic (exact) mass is 268 g/mol. The van der Waals surface area contributed by atoms with Gasteiger partial charge in [0, 0.05) is 25.2 Å². The van der Waals surface area contributed by atoms with Gasteiger partial charge >= 0.3 is 0 Å². The maximum absolute atomic E-state index is 13.2. The van der Waals surface area contributed by atoms with Crippen molar-refractivity contribution < 1.29 is 8.78 Å². The zero-order valence-electron chi connectivity index (χ0n) is 11.6. The third-order valence-electron chi connectivity index (χ3n) is 3.72. The lowest BCUT2D eigenvalue weighted by molar-refractivity contribution is 0.200. The molecule has 0 saturated heterocycles. The largest absolute Gasteiger partial charge is 0.323 e. The van der Waals surface area contributed by atoms with Gasteiger partial charge in [0.1, 0.15) is 0 Å². The number of rotatable bonds is 6. The van der Waals surface area contributed by atoms with Crippen LogP contribution in [0.25, 0.3) is 0 Å². The van der Waals surface area contributed by atoms with Crippen molar-refractivity contribution in [2.24, 2.45) is 11.7 Å². The van der Waals surface area contributed by atoms with Crippen LogP contribution in [0.4, 0.5) is 8.78 Å². The van der Waals surface area contributed by atoms with Crippen molar-refractivity contribution >= 4 is 0 Å². The van der Waals surface area contributed by atoms with Gasteiger partial charge in [-0.2, -0.15) is 0 Å². The first kappa shape index (κ1) is 14.4. The lowest BCUT2D eigenvalue weighted by Crippen LogP contribution is -2.38. The maximum Gasteiger partial charge on any atom is 0.159 e. The van der Waals surface area contributed by atoms with Gasteiger partial charge in [-0.05, 0) is 50.3 Å². The number of nitrogens with two attached hydrogens (primary N) is 1. The number of hydrogen-bond donors (Lipinski definition) is 1. The predicted molar refractivity (Wildman–Crippen MR) is 72.7 cm³/mol. The molecule has 2 rings (SSSR count). The average Bonchev–Trinajstić information content (AvgIpc) is 3.15. The molecule has 1 aromatic carbocycles. The topological polar surface area (TPSA) is 29.3 Å². The Labute approximate surface area is 113 Å². The highest BCUT2D eigenvalue weighted by Gasteiger charge is 2.26. The van der Waals surface area contributed by atoms with Crippen molar-refractivity contribution in [3.05, 3.63) is 35.4 Å². The molecule has 0 amide bonds. The Bertz CT molecular complexity index is 430. The Hall–Kier alpha value is -1.00. The van der Waals surface area contributed by atoms with Crippen LogP contribution in [0.5, 0.6) is 0 Å². The summed E-state index contributed by atoms with van der Waals surface area (Å²) in [4.78, 5) is 2.32. The molecule has 1 aliphatic rings. The van der Waals surface area contributed by atoms with Gasteiger partial charge in [-0.25, -0.2) is 8.78 Å². The summed E-state index contributed by atoms with van der Waals surface area (Å²) in [6.07, 6.45) is 2.59. The Kier molecular flexibility index (Phi) is 4.53. The second-order valence-electron chi connectivity index (χ2n) is 5.77. The zero-order valence-corrected chi connectivity index (χ0v) is 11.6. The Morgan fingerprint density at radius 1 is 1.26 bits per heavy atom. The van der Waals surface area contributed by atoms with Crippen molar-refractivity contribution in [3.63, 3.8) is 0 Å². The molecule has 0 bridgehead atoms. The van der Waals surface area contributed by atoms with Crippen molar-refractivity contribution in [3.8, 4) is 0 Å². The van der Waals surface area contributed by atoms with Gasteiger partial charge in [-0.15, -0.1) is 0 Å². The molecule has 1 aliphatic carbocycles. The van der Waals surface area contributed by atoms with E-state index in [4.69, 9.17) is 5.73 Å². The van der Waals surface area contributed by atoms with Crippen LogP contribution in [0.2, 0.25) is 0 Å². The minimum Gasteiger partial charge on any atom is -0.323 e. The Morgan fingerprint density at radius 3 is 2.47 bits per heavy atom. The number of benzene rings is 1. The van der Waals surface area contributed by atoms with E-state index in [1.165, 1.54) is 18.9 Å². The molecule has 0 aliphatic heterocycles. The van der Waals surface area contributed by atoms with E-state index in [9.17, 15) is 8.78 Å². The highest BCUT2D eigenvalue weighted by Crippen LogP contribution is 2.30. The quantitative estimate of drug-likeness (QED) is 0.859. The van der Waals surface area contributed by atoms with Gasteiger partial charge in [-0.3, -0.25) is 4.90 Å². The molecule has 0 radical (unpaired) electrons. The molecule has 1 aromatic rings. The minimum absolute atomic E-state index is 0.281.